The standard InChI is InChI=1S/C18H27NO3/c1-3-22-17-12-16(20)18(17)7-9-19(10-8-18)13-14-5-4-6-15(11-14)21-2/h4-6,11,16-17,20H,3,7-10,12-13H2,1-2H3/t16-,17-/m0/s1. The van der Waals surface area contributed by atoms with Crippen molar-refractivity contribution in [1.82, 2.24) is 4.90 Å². The number of ether oxygens (including phenoxy) is 2. The van der Waals surface area contributed by atoms with E-state index >= 15 is 0 Å². The second-order valence-electron chi connectivity index (χ2n) is 6.56. The molecular weight excluding hydrogens is 278 g/mol. The highest BCUT2D eigenvalue weighted by Crippen LogP contribution is 2.51. The fourth-order valence-corrected chi connectivity index (χ4v) is 3.97. The monoisotopic (exact) mass is 305 g/mol. The highest BCUT2D eigenvalue weighted by atomic mass is 16.5. The van der Waals surface area contributed by atoms with Gasteiger partial charge in [-0.2, -0.15) is 0 Å². The van der Waals surface area contributed by atoms with Crippen molar-refractivity contribution in [2.75, 3.05) is 26.8 Å². The lowest BCUT2D eigenvalue weighted by Gasteiger charge is -2.56. The van der Waals surface area contributed by atoms with E-state index in [1.807, 2.05) is 19.1 Å². The Kier molecular flexibility index (Phi) is 4.71. The molecule has 1 spiro atoms. The van der Waals surface area contributed by atoms with Crippen molar-refractivity contribution in [3.63, 3.8) is 0 Å². The van der Waals surface area contributed by atoms with Crippen molar-refractivity contribution < 1.29 is 14.6 Å². The first-order chi connectivity index (χ1) is 10.7. The van der Waals surface area contributed by atoms with Gasteiger partial charge in [0.2, 0.25) is 0 Å². The van der Waals surface area contributed by atoms with E-state index in [9.17, 15) is 5.11 Å². The Labute approximate surface area is 133 Å². The van der Waals surface area contributed by atoms with Crippen LogP contribution in [0.25, 0.3) is 0 Å². The van der Waals surface area contributed by atoms with Gasteiger partial charge in [-0.1, -0.05) is 12.1 Å². The van der Waals surface area contributed by atoms with Crippen molar-refractivity contribution in [2.24, 2.45) is 5.41 Å². The van der Waals surface area contributed by atoms with Crippen LogP contribution in [0.15, 0.2) is 24.3 Å². The zero-order chi connectivity index (χ0) is 15.6. The molecule has 2 fully saturated rings. The van der Waals surface area contributed by atoms with Crippen molar-refractivity contribution in [2.45, 2.75) is 44.9 Å². The van der Waals surface area contributed by atoms with Gasteiger partial charge >= 0.3 is 0 Å². The maximum Gasteiger partial charge on any atom is 0.119 e. The van der Waals surface area contributed by atoms with Gasteiger partial charge in [-0.25, -0.2) is 0 Å². The van der Waals surface area contributed by atoms with Crippen LogP contribution in [0.1, 0.15) is 31.7 Å². The van der Waals surface area contributed by atoms with Gasteiger partial charge in [-0.3, -0.25) is 4.90 Å². The van der Waals surface area contributed by atoms with Crippen molar-refractivity contribution >= 4 is 0 Å². The molecule has 0 radical (unpaired) electrons. The zero-order valence-corrected chi connectivity index (χ0v) is 13.6. The van der Waals surface area contributed by atoms with Gasteiger partial charge in [0.15, 0.2) is 0 Å². The van der Waals surface area contributed by atoms with Crippen molar-refractivity contribution in [3.8, 4) is 5.75 Å². The average molecular weight is 305 g/mol. The molecule has 1 aromatic carbocycles. The van der Waals surface area contributed by atoms with Gasteiger partial charge in [0.05, 0.1) is 19.3 Å². The number of rotatable bonds is 5. The van der Waals surface area contributed by atoms with E-state index in [0.29, 0.717) is 0 Å². The minimum absolute atomic E-state index is 0.0148. The number of aliphatic hydroxyl groups excluding tert-OH is 1. The molecule has 1 heterocycles. The summed E-state index contributed by atoms with van der Waals surface area (Å²) in [7, 11) is 1.70. The van der Waals surface area contributed by atoms with Crippen LogP contribution in [0, 0.1) is 5.41 Å². The highest BCUT2D eigenvalue weighted by Gasteiger charge is 2.55. The Morgan fingerprint density at radius 3 is 2.73 bits per heavy atom. The molecule has 3 rings (SSSR count). The molecule has 1 saturated carbocycles. The summed E-state index contributed by atoms with van der Waals surface area (Å²) in [5.74, 6) is 0.914. The second kappa shape index (κ2) is 6.57. The van der Waals surface area contributed by atoms with E-state index in [1.54, 1.807) is 7.11 Å². The summed E-state index contributed by atoms with van der Waals surface area (Å²) in [5.41, 5.74) is 1.30. The van der Waals surface area contributed by atoms with Crippen molar-refractivity contribution in [3.05, 3.63) is 29.8 Å². The molecule has 0 aromatic heterocycles. The number of nitrogens with zero attached hydrogens (tertiary/aromatic N) is 1. The van der Waals surface area contributed by atoms with Crippen LogP contribution in [-0.2, 0) is 11.3 Å². The molecule has 0 unspecified atom stereocenters. The van der Waals surface area contributed by atoms with Gasteiger partial charge in [0.25, 0.3) is 0 Å². The molecule has 4 heteroatoms. The number of methoxy groups -OCH3 is 1. The number of aliphatic hydroxyl groups is 1. The summed E-state index contributed by atoms with van der Waals surface area (Å²) in [6, 6.07) is 8.27. The van der Waals surface area contributed by atoms with Gasteiger partial charge in [-0.05, 0) is 50.6 Å². The summed E-state index contributed by atoms with van der Waals surface area (Å²) in [6.07, 6.45) is 2.95. The smallest absolute Gasteiger partial charge is 0.119 e. The number of hydrogen-bond acceptors (Lipinski definition) is 4. The van der Waals surface area contributed by atoms with E-state index in [0.717, 1.165) is 51.3 Å². The molecule has 1 N–H and O–H groups in total. The number of benzene rings is 1. The molecular formula is C18H27NO3. The Balaban J connectivity index is 1.57. The predicted molar refractivity (Wildman–Crippen MR) is 86.0 cm³/mol. The summed E-state index contributed by atoms with van der Waals surface area (Å²) >= 11 is 0. The Bertz CT molecular complexity index is 495. The number of piperidine rings is 1. The first kappa shape index (κ1) is 15.8. The lowest BCUT2D eigenvalue weighted by atomic mass is 9.58. The zero-order valence-electron chi connectivity index (χ0n) is 13.6. The predicted octanol–water partition coefficient (Wildman–Crippen LogP) is 2.45. The molecule has 2 atom stereocenters. The van der Waals surface area contributed by atoms with Crippen LogP contribution in [-0.4, -0.2) is 49.0 Å². The molecule has 1 aliphatic heterocycles. The van der Waals surface area contributed by atoms with E-state index in [2.05, 4.69) is 17.0 Å². The Morgan fingerprint density at radius 1 is 1.32 bits per heavy atom. The first-order valence-corrected chi connectivity index (χ1v) is 8.33. The van der Waals surface area contributed by atoms with Gasteiger partial charge < -0.3 is 14.6 Å². The average Bonchev–Trinajstić information content (AvgIpc) is 2.55. The van der Waals surface area contributed by atoms with E-state index in [1.165, 1.54) is 5.56 Å². The van der Waals surface area contributed by atoms with Crippen LogP contribution in [0.3, 0.4) is 0 Å². The third kappa shape index (κ3) is 2.87. The second-order valence-corrected chi connectivity index (χ2v) is 6.56. The molecule has 1 aromatic rings. The molecule has 122 valence electrons. The van der Waals surface area contributed by atoms with Gasteiger partial charge in [-0.15, -0.1) is 0 Å². The SMILES string of the molecule is CCO[C@H]1C[C@H](O)C12CCN(Cc1cccc(OC)c1)CC2. The maximum atomic E-state index is 10.2. The Hall–Kier alpha value is -1.10. The van der Waals surface area contributed by atoms with Crippen LogP contribution >= 0.6 is 0 Å². The minimum atomic E-state index is -0.178. The third-order valence-electron chi connectivity index (χ3n) is 5.44. The summed E-state index contributed by atoms with van der Waals surface area (Å²) < 4.78 is 11.1. The molecule has 2 aliphatic rings. The fourth-order valence-electron chi connectivity index (χ4n) is 3.97. The number of hydrogen-bond donors (Lipinski definition) is 1. The van der Waals surface area contributed by atoms with Crippen LogP contribution in [0.5, 0.6) is 5.75 Å². The third-order valence-corrected chi connectivity index (χ3v) is 5.44. The first-order valence-electron chi connectivity index (χ1n) is 8.33. The largest absolute Gasteiger partial charge is 0.497 e. The molecule has 0 bridgehead atoms. The lowest BCUT2D eigenvalue weighted by molar-refractivity contribution is -0.209. The number of likely N-dealkylation sites (tertiary alicyclic amines) is 1. The van der Waals surface area contributed by atoms with Crippen molar-refractivity contribution in [1.29, 1.82) is 0 Å². The van der Waals surface area contributed by atoms with Crippen LogP contribution in [0.4, 0.5) is 0 Å². The van der Waals surface area contributed by atoms with Crippen LogP contribution in [0.2, 0.25) is 0 Å². The lowest BCUT2D eigenvalue weighted by Crippen LogP contribution is -2.62. The maximum absolute atomic E-state index is 10.2. The topological polar surface area (TPSA) is 41.9 Å². The highest BCUT2D eigenvalue weighted by molar-refractivity contribution is 5.28. The normalized spacial score (nSPS) is 27.6. The molecule has 1 saturated heterocycles. The summed E-state index contributed by atoms with van der Waals surface area (Å²) in [6.45, 7) is 5.78. The van der Waals surface area contributed by atoms with E-state index in [4.69, 9.17) is 9.47 Å². The summed E-state index contributed by atoms with van der Waals surface area (Å²) in [4.78, 5) is 2.47. The van der Waals surface area contributed by atoms with Crippen LogP contribution < -0.4 is 4.74 Å². The van der Waals surface area contributed by atoms with Gasteiger partial charge in [0.1, 0.15) is 5.75 Å². The minimum Gasteiger partial charge on any atom is -0.497 e. The van der Waals surface area contributed by atoms with Gasteiger partial charge in [0, 0.05) is 25.0 Å². The Morgan fingerprint density at radius 2 is 2.09 bits per heavy atom. The molecule has 1 aliphatic carbocycles. The molecule has 0 amide bonds. The quantitative estimate of drug-likeness (QED) is 0.907. The molecule has 22 heavy (non-hydrogen) atoms. The summed E-state index contributed by atoms with van der Waals surface area (Å²) in [5, 5.41) is 10.2. The molecule has 4 nitrogen and oxygen atoms in total. The van der Waals surface area contributed by atoms with E-state index in [-0.39, 0.29) is 17.6 Å². The van der Waals surface area contributed by atoms with E-state index < -0.39 is 0 Å². The fraction of sp³-hybridized carbons (Fsp3) is 0.667.